The van der Waals surface area contributed by atoms with Gasteiger partial charge in [-0.1, -0.05) is 0 Å². The van der Waals surface area contributed by atoms with Crippen LogP contribution in [-0.2, 0) is 16.4 Å². The molecule has 6 heteroatoms. The molecule has 1 amide bonds. The summed E-state index contributed by atoms with van der Waals surface area (Å²) in [7, 11) is -3.26. The molecule has 1 N–H and O–H groups in total. The molecule has 0 atom stereocenters. The SMILES string of the molecule is CCS(=O)(=O)N1CCCc2cc(C(=O)NC(C)(C)C)ccc21. The van der Waals surface area contributed by atoms with Gasteiger partial charge < -0.3 is 5.32 Å². The van der Waals surface area contributed by atoms with Gasteiger partial charge in [-0.2, -0.15) is 0 Å². The van der Waals surface area contributed by atoms with E-state index in [4.69, 9.17) is 0 Å². The Morgan fingerprint density at radius 1 is 1.32 bits per heavy atom. The fourth-order valence-corrected chi connectivity index (χ4v) is 3.76. The summed E-state index contributed by atoms with van der Waals surface area (Å²) in [5.41, 5.74) is 1.90. The second-order valence-corrected chi connectivity index (χ2v) is 8.81. The average Bonchev–Trinajstić information content (AvgIpc) is 2.44. The molecule has 0 aromatic heterocycles. The molecule has 0 unspecified atom stereocenters. The Kier molecular flexibility index (Phi) is 4.52. The molecule has 2 rings (SSSR count). The Bertz CT molecular complexity index is 675. The van der Waals surface area contributed by atoms with Gasteiger partial charge in [0, 0.05) is 17.6 Å². The minimum absolute atomic E-state index is 0.0820. The van der Waals surface area contributed by atoms with E-state index in [0.29, 0.717) is 17.8 Å². The second-order valence-electron chi connectivity index (χ2n) is 6.62. The highest BCUT2D eigenvalue weighted by atomic mass is 32.2. The molecular formula is C16H24N2O3S. The largest absolute Gasteiger partial charge is 0.347 e. The Hall–Kier alpha value is -1.56. The molecule has 1 aromatic carbocycles. The average molecular weight is 324 g/mol. The summed E-state index contributed by atoms with van der Waals surface area (Å²) < 4.78 is 25.8. The summed E-state index contributed by atoms with van der Waals surface area (Å²) in [5, 5.41) is 2.92. The van der Waals surface area contributed by atoms with Crippen molar-refractivity contribution in [1.82, 2.24) is 5.32 Å². The number of aryl methyl sites for hydroxylation is 1. The van der Waals surface area contributed by atoms with Crippen LogP contribution in [0.4, 0.5) is 5.69 Å². The van der Waals surface area contributed by atoms with Gasteiger partial charge in [-0.05, 0) is 64.3 Å². The first-order valence-corrected chi connectivity index (χ1v) is 9.21. The van der Waals surface area contributed by atoms with Crippen LogP contribution < -0.4 is 9.62 Å². The summed E-state index contributed by atoms with van der Waals surface area (Å²) in [6.07, 6.45) is 1.57. The number of amides is 1. The van der Waals surface area contributed by atoms with Crippen LogP contribution in [0.25, 0.3) is 0 Å². The van der Waals surface area contributed by atoms with Gasteiger partial charge in [0.25, 0.3) is 5.91 Å². The molecular weight excluding hydrogens is 300 g/mol. The van der Waals surface area contributed by atoms with Crippen molar-refractivity contribution in [3.8, 4) is 0 Å². The Morgan fingerprint density at radius 2 is 2.00 bits per heavy atom. The van der Waals surface area contributed by atoms with E-state index in [-0.39, 0.29) is 17.2 Å². The lowest BCUT2D eigenvalue weighted by atomic mass is 10.00. The first kappa shape index (κ1) is 16.8. The van der Waals surface area contributed by atoms with Crippen molar-refractivity contribution in [2.45, 2.75) is 46.1 Å². The van der Waals surface area contributed by atoms with Gasteiger partial charge in [-0.3, -0.25) is 9.10 Å². The van der Waals surface area contributed by atoms with Crippen LogP contribution in [0.2, 0.25) is 0 Å². The number of carbonyl (C=O) groups is 1. The van der Waals surface area contributed by atoms with Crippen molar-refractivity contribution in [3.63, 3.8) is 0 Å². The van der Waals surface area contributed by atoms with Crippen molar-refractivity contribution in [2.75, 3.05) is 16.6 Å². The van der Waals surface area contributed by atoms with Crippen LogP contribution >= 0.6 is 0 Å². The number of hydrogen-bond acceptors (Lipinski definition) is 3. The molecule has 22 heavy (non-hydrogen) atoms. The molecule has 1 aliphatic rings. The number of carbonyl (C=O) groups excluding carboxylic acids is 1. The Morgan fingerprint density at radius 3 is 2.59 bits per heavy atom. The van der Waals surface area contributed by atoms with Crippen LogP contribution in [0.5, 0.6) is 0 Å². The maximum Gasteiger partial charge on any atom is 0.251 e. The Balaban J connectivity index is 2.34. The van der Waals surface area contributed by atoms with Crippen molar-refractivity contribution in [2.24, 2.45) is 0 Å². The summed E-state index contributed by atoms with van der Waals surface area (Å²) in [6.45, 7) is 7.95. The minimum atomic E-state index is -3.26. The van der Waals surface area contributed by atoms with Crippen molar-refractivity contribution >= 4 is 21.6 Å². The molecule has 0 saturated carbocycles. The van der Waals surface area contributed by atoms with Gasteiger partial charge in [0.05, 0.1) is 11.4 Å². The third kappa shape index (κ3) is 3.61. The van der Waals surface area contributed by atoms with Crippen molar-refractivity contribution in [3.05, 3.63) is 29.3 Å². The quantitative estimate of drug-likeness (QED) is 0.928. The number of anilines is 1. The van der Waals surface area contributed by atoms with Gasteiger partial charge in [0.2, 0.25) is 10.0 Å². The zero-order valence-corrected chi connectivity index (χ0v) is 14.5. The molecule has 0 radical (unpaired) electrons. The molecule has 5 nitrogen and oxygen atoms in total. The third-order valence-electron chi connectivity index (χ3n) is 3.61. The predicted octanol–water partition coefficient (Wildman–Crippen LogP) is 2.32. The number of rotatable bonds is 3. The molecule has 0 spiro atoms. The van der Waals surface area contributed by atoms with E-state index in [1.807, 2.05) is 26.8 Å². The van der Waals surface area contributed by atoms with Gasteiger partial charge >= 0.3 is 0 Å². The number of benzene rings is 1. The lowest BCUT2D eigenvalue weighted by Crippen LogP contribution is -2.41. The minimum Gasteiger partial charge on any atom is -0.347 e. The molecule has 1 heterocycles. The van der Waals surface area contributed by atoms with Crippen molar-refractivity contribution < 1.29 is 13.2 Å². The zero-order valence-electron chi connectivity index (χ0n) is 13.6. The summed E-state index contributed by atoms with van der Waals surface area (Å²) in [6, 6.07) is 5.26. The predicted molar refractivity (Wildman–Crippen MR) is 88.8 cm³/mol. The fourth-order valence-electron chi connectivity index (χ4n) is 2.56. The van der Waals surface area contributed by atoms with Crippen LogP contribution in [-0.4, -0.2) is 32.2 Å². The molecule has 0 bridgehead atoms. The molecule has 0 saturated heterocycles. The van der Waals surface area contributed by atoms with Crippen LogP contribution in [0, 0.1) is 0 Å². The maximum absolute atomic E-state index is 12.2. The summed E-state index contributed by atoms with van der Waals surface area (Å²) >= 11 is 0. The molecule has 0 fully saturated rings. The third-order valence-corrected chi connectivity index (χ3v) is 5.39. The Labute approximate surface area is 132 Å². The van der Waals surface area contributed by atoms with E-state index in [1.54, 1.807) is 19.1 Å². The number of nitrogens with zero attached hydrogens (tertiary/aromatic N) is 1. The van der Waals surface area contributed by atoms with Gasteiger partial charge in [-0.25, -0.2) is 8.42 Å². The molecule has 122 valence electrons. The van der Waals surface area contributed by atoms with E-state index >= 15 is 0 Å². The first-order valence-electron chi connectivity index (χ1n) is 7.60. The summed E-state index contributed by atoms with van der Waals surface area (Å²) in [4.78, 5) is 12.2. The smallest absolute Gasteiger partial charge is 0.251 e. The normalized spacial score (nSPS) is 15.4. The topological polar surface area (TPSA) is 66.5 Å². The molecule has 0 aliphatic carbocycles. The van der Waals surface area contributed by atoms with Gasteiger partial charge in [-0.15, -0.1) is 0 Å². The van der Waals surface area contributed by atoms with E-state index in [9.17, 15) is 13.2 Å². The lowest BCUT2D eigenvalue weighted by Gasteiger charge is -2.30. The second kappa shape index (κ2) is 5.91. The fraction of sp³-hybridized carbons (Fsp3) is 0.562. The van der Waals surface area contributed by atoms with E-state index < -0.39 is 10.0 Å². The van der Waals surface area contributed by atoms with Crippen LogP contribution in [0.3, 0.4) is 0 Å². The van der Waals surface area contributed by atoms with E-state index in [1.165, 1.54) is 4.31 Å². The van der Waals surface area contributed by atoms with Crippen LogP contribution in [0.15, 0.2) is 18.2 Å². The van der Waals surface area contributed by atoms with E-state index in [2.05, 4.69) is 5.32 Å². The molecule has 1 aliphatic heterocycles. The highest BCUT2D eigenvalue weighted by Gasteiger charge is 2.27. The summed E-state index contributed by atoms with van der Waals surface area (Å²) in [5.74, 6) is -0.0515. The van der Waals surface area contributed by atoms with Gasteiger partial charge in [0.1, 0.15) is 0 Å². The molecule has 1 aromatic rings. The highest BCUT2D eigenvalue weighted by Crippen LogP contribution is 2.30. The lowest BCUT2D eigenvalue weighted by molar-refractivity contribution is 0.0919. The van der Waals surface area contributed by atoms with Crippen LogP contribution in [0.1, 0.15) is 50.0 Å². The van der Waals surface area contributed by atoms with Crippen molar-refractivity contribution in [1.29, 1.82) is 0 Å². The monoisotopic (exact) mass is 324 g/mol. The standard InChI is InChI=1S/C16H24N2O3S/c1-5-22(20,21)18-10-6-7-12-11-13(8-9-14(12)18)15(19)17-16(2,3)4/h8-9,11H,5-7,10H2,1-4H3,(H,17,19). The van der Waals surface area contributed by atoms with E-state index in [0.717, 1.165) is 18.4 Å². The zero-order chi connectivity index (χ0) is 16.5. The van der Waals surface area contributed by atoms with Gasteiger partial charge in [0.15, 0.2) is 0 Å². The highest BCUT2D eigenvalue weighted by molar-refractivity contribution is 7.92. The number of hydrogen-bond donors (Lipinski definition) is 1. The maximum atomic E-state index is 12.2. The number of nitrogens with one attached hydrogen (secondary N) is 1. The first-order chi connectivity index (χ1) is 10.1. The number of sulfonamides is 1. The number of fused-ring (bicyclic) bond motifs is 1.